The number of anilines is 1. The summed E-state index contributed by atoms with van der Waals surface area (Å²) in [5.41, 5.74) is 1.56. The SMILES string of the molecule is O=C(c1ccc(F)cc1)C1C(c2ccc(Cl)cc2)CNC12C(=O)Nc1ccccc12. The van der Waals surface area contributed by atoms with Gasteiger partial charge in [0, 0.05) is 34.3 Å². The summed E-state index contributed by atoms with van der Waals surface area (Å²) in [4.78, 5) is 27.0. The topological polar surface area (TPSA) is 58.2 Å². The highest BCUT2D eigenvalue weighted by atomic mass is 35.5. The molecule has 3 atom stereocenters. The number of carbonyl (C=O) groups is 2. The van der Waals surface area contributed by atoms with Gasteiger partial charge in [0.05, 0.1) is 5.92 Å². The highest BCUT2D eigenvalue weighted by Gasteiger charge is 2.61. The van der Waals surface area contributed by atoms with E-state index in [4.69, 9.17) is 11.6 Å². The molecule has 5 rings (SSSR count). The first-order chi connectivity index (χ1) is 14.5. The molecule has 0 aliphatic carbocycles. The van der Waals surface area contributed by atoms with Gasteiger partial charge in [-0.15, -0.1) is 0 Å². The van der Waals surface area contributed by atoms with Crippen LogP contribution in [0.5, 0.6) is 0 Å². The van der Waals surface area contributed by atoms with Gasteiger partial charge in [-0.2, -0.15) is 0 Å². The largest absolute Gasteiger partial charge is 0.324 e. The number of amides is 1. The number of rotatable bonds is 3. The van der Waals surface area contributed by atoms with Gasteiger partial charge in [0.2, 0.25) is 5.91 Å². The molecule has 3 unspecified atom stereocenters. The van der Waals surface area contributed by atoms with Gasteiger partial charge in [-0.1, -0.05) is 41.9 Å². The van der Waals surface area contributed by atoms with E-state index < -0.39 is 17.3 Å². The molecule has 1 saturated heterocycles. The van der Waals surface area contributed by atoms with Gasteiger partial charge in [0.1, 0.15) is 11.4 Å². The molecule has 150 valence electrons. The zero-order valence-electron chi connectivity index (χ0n) is 15.9. The molecule has 3 aromatic rings. The fourth-order valence-corrected chi connectivity index (χ4v) is 4.88. The minimum atomic E-state index is -1.19. The van der Waals surface area contributed by atoms with Crippen molar-refractivity contribution in [2.45, 2.75) is 11.5 Å². The number of carbonyl (C=O) groups excluding carboxylic acids is 2. The lowest BCUT2D eigenvalue weighted by atomic mass is 9.70. The maximum absolute atomic E-state index is 13.8. The molecule has 0 bridgehead atoms. The second-order valence-corrected chi connectivity index (χ2v) is 8.13. The number of halogens is 2. The molecule has 4 nitrogen and oxygen atoms in total. The van der Waals surface area contributed by atoms with Crippen LogP contribution in [0, 0.1) is 11.7 Å². The first-order valence-corrected chi connectivity index (χ1v) is 10.1. The third-order valence-electron chi connectivity index (χ3n) is 6.14. The Balaban J connectivity index is 1.68. The van der Waals surface area contributed by atoms with Crippen molar-refractivity contribution < 1.29 is 14.0 Å². The normalized spacial score (nSPS) is 24.7. The fourth-order valence-electron chi connectivity index (χ4n) is 4.76. The predicted octanol–water partition coefficient (Wildman–Crippen LogP) is 4.51. The molecule has 30 heavy (non-hydrogen) atoms. The lowest BCUT2D eigenvalue weighted by Crippen LogP contribution is -2.50. The Morgan fingerprint density at radius 2 is 1.70 bits per heavy atom. The Labute approximate surface area is 178 Å². The van der Waals surface area contributed by atoms with Gasteiger partial charge < -0.3 is 5.32 Å². The maximum Gasteiger partial charge on any atom is 0.250 e. The Bertz CT molecular complexity index is 1150. The second kappa shape index (κ2) is 7.04. The molecule has 6 heteroatoms. The second-order valence-electron chi connectivity index (χ2n) is 7.70. The van der Waals surface area contributed by atoms with E-state index in [1.165, 1.54) is 24.3 Å². The van der Waals surface area contributed by atoms with Gasteiger partial charge in [-0.05, 0) is 48.0 Å². The lowest BCUT2D eigenvalue weighted by molar-refractivity contribution is -0.122. The van der Waals surface area contributed by atoms with Crippen LogP contribution in [-0.2, 0) is 10.3 Å². The molecule has 0 aromatic heterocycles. The zero-order chi connectivity index (χ0) is 20.9. The van der Waals surface area contributed by atoms with Gasteiger partial charge >= 0.3 is 0 Å². The van der Waals surface area contributed by atoms with Gasteiger partial charge in [-0.25, -0.2) is 4.39 Å². The average Bonchev–Trinajstić information content (AvgIpc) is 3.28. The van der Waals surface area contributed by atoms with Crippen LogP contribution < -0.4 is 10.6 Å². The molecule has 2 N–H and O–H groups in total. The highest BCUT2D eigenvalue weighted by Crippen LogP contribution is 2.51. The van der Waals surface area contributed by atoms with Gasteiger partial charge in [-0.3, -0.25) is 14.9 Å². The van der Waals surface area contributed by atoms with Crippen molar-refractivity contribution >= 4 is 29.0 Å². The van der Waals surface area contributed by atoms with E-state index >= 15 is 0 Å². The van der Waals surface area contributed by atoms with E-state index in [2.05, 4.69) is 10.6 Å². The maximum atomic E-state index is 13.8. The first-order valence-electron chi connectivity index (χ1n) is 9.72. The quantitative estimate of drug-likeness (QED) is 0.613. The molecular formula is C24H18ClFN2O2. The van der Waals surface area contributed by atoms with E-state index in [9.17, 15) is 14.0 Å². The van der Waals surface area contributed by atoms with Crippen LogP contribution in [-0.4, -0.2) is 18.2 Å². The van der Waals surface area contributed by atoms with E-state index in [1.807, 2.05) is 36.4 Å². The minimum Gasteiger partial charge on any atom is -0.324 e. The van der Waals surface area contributed by atoms with E-state index in [0.29, 0.717) is 22.8 Å². The van der Waals surface area contributed by atoms with Crippen molar-refractivity contribution in [2.24, 2.45) is 5.92 Å². The molecule has 1 spiro atoms. The van der Waals surface area contributed by atoms with Crippen LogP contribution in [0.2, 0.25) is 5.02 Å². The molecule has 3 aromatic carbocycles. The van der Waals surface area contributed by atoms with Crippen molar-refractivity contribution in [1.29, 1.82) is 0 Å². The summed E-state index contributed by atoms with van der Waals surface area (Å²) < 4.78 is 13.5. The molecule has 0 saturated carbocycles. The summed E-state index contributed by atoms with van der Waals surface area (Å²) in [6.45, 7) is 0.445. The number of ketones is 1. The molecule has 0 radical (unpaired) electrons. The van der Waals surface area contributed by atoms with E-state index in [1.54, 1.807) is 12.1 Å². The Morgan fingerprint density at radius 1 is 1.00 bits per heavy atom. The third-order valence-corrected chi connectivity index (χ3v) is 6.39. The Kier molecular flexibility index (Phi) is 4.45. The summed E-state index contributed by atoms with van der Waals surface area (Å²) in [7, 11) is 0. The molecule has 2 heterocycles. The summed E-state index contributed by atoms with van der Waals surface area (Å²) in [5.74, 6) is -1.82. The van der Waals surface area contributed by atoms with Gasteiger partial charge in [0.25, 0.3) is 0 Å². The van der Waals surface area contributed by atoms with Crippen LogP contribution in [0.4, 0.5) is 10.1 Å². The number of fused-ring (bicyclic) bond motifs is 2. The molecular weight excluding hydrogens is 403 g/mol. The van der Waals surface area contributed by atoms with Crippen molar-refractivity contribution in [3.63, 3.8) is 0 Å². The van der Waals surface area contributed by atoms with Crippen LogP contribution in [0.3, 0.4) is 0 Å². The molecule has 2 aliphatic heterocycles. The number of benzene rings is 3. The summed E-state index contributed by atoms with van der Waals surface area (Å²) in [5, 5.41) is 6.90. The number of Topliss-reactive ketones (excluding diaryl/α,β-unsaturated/α-hetero) is 1. The van der Waals surface area contributed by atoms with Crippen LogP contribution in [0.25, 0.3) is 0 Å². The van der Waals surface area contributed by atoms with E-state index in [-0.39, 0.29) is 17.6 Å². The average molecular weight is 421 g/mol. The molecule has 1 fully saturated rings. The summed E-state index contributed by atoms with van der Waals surface area (Å²) >= 11 is 6.06. The number of para-hydroxylation sites is 1. The zero-order valence-corrected chi connectivity index (χ0v) is 16.6. The highest BCUT2D eigenvalue weighted by molar-refractivity contribution is 6.30. The van der Waals surface area contributed by atoms with Crippen molar-refractivity contribution in [3.05, 3.63) is 100 Å². The standard InChI is InChI=1S/C24H18ClFN2O2/c25-16-9-5-14(6-10-16)18-13-27-24(19-3-1-2-4-20(19)28-23(24)30)21(18)22(29)15-7-11-17(26)12-8-15/h1-12,18,21,27H,13H2,(H,28,30). The van der Waals surface area contributed by atoms with Crippen LogP contribution in [0.1, 0.15) is 27.4 Å². The minimum absolute atomic E-state index is 0.202. The summed E-state index contributed by atoms with van der Waals surface area (Å²) in [6, 6.07) is 20.2. The molecule has 1 amide bonds. The number of nitrogens with one attached hydrogen (secondary N) is 2. The van der Waals surface area contributed by atoms with Crippen molar-refractivity contribution in [1.82, 2.24) is 5.32 Å². The van der Waals surface area contributed by atoms with Crippen molar-refractivity contribution in [3.8, 4) is 0 Å². The molecule has 2 aliphatic rings. The fraction of sp³-hybridized carbons (Fsp3) is 0.167. The Hall–Kier alpha value is -3.02. The third kappa shape index (κ3) is 2.77. The summed E-state index contributed by atoms with van der Waals surface area (Å²) in [6.07, 6.45) is 0. The van der Waals surface area contributed by atoms with Gasteiger partial charge in [0.15, 0.2) is 5.78 Å². The number of hydrogen-bond acceptors (Lipinski definition) is 3. The van der Waals surface area contributed by atoms with E-state index in [0.717, 1.165) is 11.1 Å². The monoisotopic (exact) mass is 420 g/mol. The Morgan fingerprint density at radius 3 is 2.43 bits per heavy atom. The van der Waals surface area contributed by atoms with Crippen LogP contribution >= 0.6 is 11.6 Å². The van der Waals surface area contributed by atoms with Crippen molar-refractivity contribution in [2.75, 3.05) is 11.9 Å². The van der Waals surface area contributed by atoms with Crippen LogP contribution in [0.15, 0.2) is 72.8 Å². The lowest BCUT2D eigenvalue weighted by Gasteiger charge is -2.31. The first kappa shape index (κ1) is 19.0. The number of hydrogen-bond donors (Lipinski definition) is 2. The predicted molar refractivity (Wildman–Crippen MR) is 113 cm³/mol. The smallest absolute Gasteiger partial charge is 0.250 e.